The normalized spacial score (nSPS) is 12.6. The monoisotopic (exact) mass is 322 g/mol. The summed E-state index contributed by atoms with van der Waals surface area (Å²) in [7, 11) is 0. The Bertz CT molecular complexity index is 349. The molecule has 76 valence electrons. The zero-order valence-electron chi connectivity index (χ0n) is 7.93. The Morgan fingerprint density at radius 2 is 2.29 bits per heavy atom. The highest BCUT2D eigenvalue weighted by Crippen LogP contribution is 2.27. The summed E-state index contributed by atoms with van der Waals surface area (Å²) in [4.78, 5) is 0. The molecule has 0 heterocycles. The average molecular weight is 323 g/mol. The maximum Gasteiger partial charge on any atom is 0.0837 e. The number of rotatable bonds is 3. The van der Waals surface area contributed by atoms with Gasteiger partial charge in [-0.2, -0.15) is 0 Å². The van der Waals surface area contributed by atoms with E-state index in [1.54, 1.807) is 6.07 Å². The summed E-state index contributed by atoms with van der Waals surface area (Å²) in [5.74, 6) is 0. The van der Waals surface area contributed by atoms with Crippen molar-refractivity contribution in [3.05, 3.63) is 44.5 Å². The van der Waals surface area contributed by atoms with Gasteiger partial charge < -0.3 is 5.11 Å². The van der Waals surface area contributed by atoms with E-state index < -0.39 is 6.10 Å². The Hall–Kier alpha value is -0.0600. The van der Waals surface area contributed by atoms with Gasteiger partial charge in [-0.25, -0.2) is 0 Å². The van der Waals surface area contributed by atoms with Gasteiger partial charge >= 0.3 is 0 Å². The van der Waals surface area contributed by atoms with Gasteiger partial charge in [-0.15, -0.1) is 6.58 Å². The smallest absolute Gasteiger partial charge is 0.0837 e. The van der Waals surface area contributed by atoms with Gasteiger partial charge in [-0.1, -0.05) is 17.2 Å². The van der Waals surface area contributed by atoms with E-state index >= 15 is 0 Å². The molecule has 0 aromatic heterocycles. The molecule has 1 unspecified atom stereocenters. The first-order chi connectivity index (χ1) is 6.50. The van der Waals surface area contributed by atoms with Crippen LogP contribution in [-0.2, 0) is 0 Å². The fourth-order valence-corrected chi connectivity index (χ4v) is 2.09. The van der Waals surface area contributed by atoms with Crippen molar-refractivity contribution < 1.29 is 5.11 Å². The maximum atomic E-state index is 9.87. The molecule has 1 aromatic carbocycles. The first kappa shape index (κ1) is 12.0. The van der Waals surface area contributed by atoms with E-state index in [4.69, 9.17) is 11.6 Å². The molecule has 1 rings (SSSR count). The first-order valence-corrected chi connectivity index (χ1v) is 5.73. The molecule has 0 bridgehead atoms. The summed E-state index contributed by atoms with van der Waals surface area (Å²) in [5.41, 5.74) is 1.84. The van der Waals surface area contributed by atoms with Crippen LogP contribution in [0.2, 0.25) is 5.02 Å². The molecule has 0 aliphatic rings. The van der Waals surface area contributed by atoms with Crippen molar-refractivity contribution in [2.45, 2.75) is 19.4 Å². The van der Waals surface area contributed by atoms with Crippen LogP contribution in [0.25, 0.3) is 0 Å². The SMILES string of the molecule is C=C(C)CC(O)c1cc(Cl)ccc1I. The minimum Gasteiger partial charge on any atom is -0.388 e. The molecule has 0 aliphatic carbocycles. The fourth-order valence-electron chi connectivity index (χ4n) is 1.21. The number of halogens is 2. The summed E-state index contributed by atoms with van der Waals surface area (Å²) in [6.45, 7) is 5.68. The molecule has 0 saturated heterocycles. The second-order valence-corrected chi connectivity index (χ2v) is 4.94. The van der Waals surface area contributed by atoms with E-state index in [2.05, 4.69) is 29.2 Å². The van der Waals surface area contributed by atoms with Crippen LogP contribution in [0, 0.1) is 3.57 Å². The quantitative estimate of drug-likeness (QED) is 0.660. The number of aliphatic hydroxyl groups is 1. The van der Waals surface area contributed by atoms with E-state index in [1.807, 2.05) is 19.1 Å². The van der Waals surface area contributed by atoms with E-state index in [-0.39, 0.29) is 0 Å². The molecule has 1 aromatic rings. The summed E-state index contributed by atoms with van der Waals surface area (Å²) in [5, 5.41) is 10.5. The second kappa shape index (κ2) is 5.14. The van der Waals surface area contributed by atoms with Crippen molar-refractivity contribution in [1.82, 2.24) is 0 Å². The summed E-state index contributed by atoms with van der Waals surface area (Å²) >= 11 is 8.05. The van der Waals surface area contributed by atoms with Gasteiger partial charge in [0, 0.05) is 8.59 Å². The Labute approximate surface area is 103 Å². The zero-order chi connectivity index (χ0) is 10.7. The Kier molecular flexibility index (Phi) is 4.41. The molecule has 0 amide bonds. The third kappa shape index (κ3) is 3.26. The van der Waals surface area contributed by atoms with E-state index in [0.29, 0.717) is 11.4 Å². The van der Waals surface area contributed by atoms with Gasteiger partial charge in [0.15, 0.2) is 0 Å². The maximum absolute atomic E-state index is 9.87. The number of aliphatic hydroxyl groups excluding tert-OH is 1. The van der Waals surface area contributed by atoms with Crippen molar-refractivity contribution in [3.8, 4) is 0 Å². The van der Waals surface area contributed by atoms with Crippen LogP contribution in [0.5, 0.6) is 0 Å². The fraction of sp³-hybridized carbons (Fsp3) is 0.273. The van der Waals surface area contributed by atoms with Crippen LogP contribution in [0.4, 0.5) is 0 Å². The molecule has 1 N–H and O–H groups in total. The standard InChI is InChI=1S/C11H12ClIO/c1-7(2)5-11(14)9-6-8(12)3-4-10(9)13/h3-4,6,11,14H,1,5H2,2H3. The van der Waals surface area contributed by atoms with Crippen molar-refractivity contribution >= 4 is 34.2 Å². The van der Waals surface area contributed by atoms with Crippen LogP contribution in [-0.4, -0.2) is 5.11 Å². The third-order valence-corrected chi connectivity index (χ3v) is 3.08. The van der Waals surface area contributed by atoms with Gasteiger partial charge in [0.05, 0.1) is 6.10 Å². The molecule has 0 aliphatic heterocycles. The second-order valence-electron chi connectivity index (χ2n) is 3.34. The highest BCUT2D eigenvalue weighted by Gasteiger charge is 2.11. The Morgan fingerprint density at radius 1 is 1.64 bits per heavy atom. The average Bonchev–Trinajstić information content (AvgIpc) is 2.08. The van der Waals surface area contributed by atoms with Crippen molar-refractivity contribution in [1.29, 1.82) is 0 Å². The number of hydrogen-bond donors (Lipinski definition) is 1. The van der Waals surface area contributed by atoms with Gasteiger partial charge in [0.1, 0.15) is 0 Å². The Morgan fingerprint density at radius 3 is 2.86 bits per heavy atom. The van der Waals surface area contributed by atoms with Crippen molar-refractivity contribution in [2.75, 3.05) is 0 Å². The predicted octanol–water partition coefficient (Wildman–Crippen LogP) is 3.94. The molecular weight excluding hydrogens is 310 g/mol. The van der Waals surface area contributed by atoms with Crippen molar-refractivity contribution in [2.24, 2.45) is 0 Å². The highest BCUT2D eigenvalue weighted by molar-refractivity contribution is 14.1. The number of benzene rings is 1. The summed E-state index contributed by atoms with van der Waals surface area (Å²) < 4.78 is 1.03. The van der Waals surface area contributed by atoms with Gasteiger partial charge in [-0.05, 0) is 59.7 Å². The Balaban J connectivity index is 2.93. The third-order valence-electron chi connectivity index (χ3n) is 1.86. The molecule has 0 spiro atoms. The summed E-state index contributed by atoms with van der Waals surface area (Å²) in [6.07, 6.45) is 0.0779. The number of hydrogen-bond acceptors (Lipinski definition) is 1. The van der Waals surface area contributed by atoms with E-state index in [9.17, 15) is 5.11 Å². The van der Waals surface area contributed by atoms with Crippen LogP contribution in [0.1, 0.15) is 25.0 Å². The van der Waals surface area contributed by atoms with Crippen LogP contribution < -0.4 is 0 Å². The summed E-state index contributed by atoms with van der Waals surface area (Å²) in [6, 6.07) is 5.52. The molecule has 1 atom stereocenters. The van der Waals surface area contributed by atoms with Crippen LogP contribution in [0.15, 0.2) is 30.4 Å². The molecule has 0 saturated carbocycles. The lowest BCUT2D eigenvalue weighted by atomic mass is 10.0. The first-order valence-electron chi connectivity index (χ1n) is 4.28. The molecule has 0 radical (unpaired) electrons. The largest absolute Gasteiger partial charge is 0.388 e. The minimum absolute atomic E-state index is 0.502. The lowest BCUT2D eigenvalue weighted by Gasteiger charge is -2.12. The van der Waals surface area contributed by atoms with E-state index in [1.165, 1.54) is 0 Å². The van der Waals surface area contributed by atoms with Crippen LogP contribution >= 0.6 is 34.2 Å². The topological polar surface area (TPSA) is 20.2 Å². The van der Waals surface area contributed by atoms with Gasteiger partial charge in [0.25, 0.3) is 0 Å². The lowest BCUT2D eigenvalue weighted by molar-refractivity contribution is 0.177. The van der Waals surface area contributed by atoms with Crippen LogP contribution in [0.3, 0.4) is 0 Å². The molecule has 1 nitrogen and oxygen atoms in total. The highest BCUT2D eigenvalue weighted by atomic mass is 127. The lowest BCUT2D eigenvalue weighted by Crippen LogP contribution is -2.00. The molecular formula is C11H12ClIO. The van der Waals surface area contributed by atoms with E-state index in [0.717, 1.165) is 14.7 Å². The van der Waals surface area contributed by atoms with Crippen molar-refractivity contribution in [3.63, 3.8) is 0 Å². The zero-order valence-corrected chi connectivity index (χ0v) is 10.8. The minimum atomic E-state index is -0.502. The van der Waals surface area contributed by atoms with Gasteiger partial charge in [-0.3, -0.25) is 0 Å². The molecule has 0 fully saturated rings. The molecule has 3 heteroatoms. The molecule has 14 heavy (non-hydrogen) atoms. The predicted molar refractivity (Wildman–Crippen MR) is 68.6 cm³/mol. The van der Waals surface area contributed by atoms with Gasteiger partial charge in [0.2, 0.25) is 0 Å².